The molecule has 0 aliphatic rings. The van der Waals surface area contributed by atoms with E-state index in [1.54, 1.807) is 24.4 Å². The van der Waals surface area contributed by atoms with E-state index in [4.69, 9.17) is 9.47 Å². The molecule has 0 N–H and O–H groups in total. The first-order valence-electron chi connectivity index (χ1n) is 8.16. The van der Waals surface area contributed by atoms with Crippen LogP contribution in [0.15, 0.2) is 60.0 Å². The molecule has 2 aromatic carbocycles. The Morgan fingerprint density at radius 2 is 1.88 bits per heavy atom. The van der Waals surface area contributed by atoms with Crippen molar-refractivity contribution in [2.45, 2.75) is 13.2 Å². The second-order valence-electron chi connectivity index (χ2n) is 5.74. The molecule has 0 spiro atoms. The molecular weight excluding hydrogens is 348 g/mol. The molecule has 3 rings (SSSR count). The second kappa shape index (κ2) is 8.49. The lowest BCUT2D eigenvalue weighted by atomic mass is 10.2. The Bertz CT molecular complexity index is 864. The molecule has 26 heavy (non-hydrogen) atoms. The quantitative estimate of drug-likeness (QED) is 0.632. The first-order chi connectivity index (χ1) is 12.7. The number of carbonyl (C=O) groups excluding carboxylic acids is 1. The van der Waals surface area contributed by atoms with Gasteiger partial charge in [-0.25, -0.2) is 4.98 Å². The number of benzene rings is 2. The molecule has 0 aliphatic carbocycles. The molecule has 6 heteroatoms. The van der Waals surface area contributed by atoms with E-state index < -0.39 is 0 Å². The van der Waals surface area contributed by atoms with E-state index in [1.165, 1.54) is 11.3 Å². The van der Waals surface area contributed by atoms with Gasteiger partial charge in [-0.2, -0.15) is 0 Å². The van der Waals surface area contributed by atoms with Crippen LogP contribution in [0.2, 0.25) is 0 Å². The van der Waals surface area contributed by atoms with E-state index in [1.807, 2.05) is 54.6 Å². The van der Waals surface area contributed by atoms with E-state index in [2.05, 4.69) is 4.98 Å². The van der Waals surface area contributed by atoms with Crippen molar-refractivity contribution in [1.29, 1.82) is 0 Å². The van der Waals surface area contributed by atoms with Gasteiger partial charge in [-0.05, 0) is 17.7 Å². The van der Waals surface area contributed by atoms with Crippen molar-refractivity contribution in [3.05, 3.63) is 76.2 Å². The highest BCUT2D eigenvalue weighted by Gasteiger charge is 2.16. The van der Waals surface area contributed by atoms with Crippen LogP contribution < -0.4 is 9.47 Å². The molecule has 0 saturated carbocycles. The van der Waals surface area contributed by atoms with Crippen LogP contribution in [-0.4, -0.2) is 29.9 Å². The first-order valence-corrected chi connectivity index (χ1v) is 9.04. The highest BCUT2D eigenvalue weighted by atomic mass is 32.1. The maximum Gasteiger partial charge on any atom is 0.273 e. The zero-order chi connectivity index (χ0) is 18.4. The Kier molecular flexibility index (Phi) is 5.86. The normalized spacial score (nSPS) is 10.4. The average molecular weight is 368 g/mol. The van der Waals surface area contributed by atoms with Crippen LogP contribution in [0.1, 0.15) is 21.1 Å². The largest absolute Gasteiger partial charge is 0.497 e. The summed E-state index contributed by atoms with van der Waals surface area (Å²) >= 11 is 1.42. The van der Waals surface area contributed by atoms with Gasteiger partial charge in [0.1, 0.15) is 28.8 Å². The third kappa shape index (κ3) is 4.61. The van der Waals surface area contributed by atoms with Gasteiger partial charge in [0, 0.05) is 25.0 Å². The highest BCUT2D eigenvalue weighted by Crippen LogP contribution is 2.21. The minimum Gasteiger partial charge on any atom is -0.497 e. The predicted octanol–water partition coefficient (Wildman–Crippen LogP) is 4.00. The number of rotatable bonds is 7. The van der Waals surface area contributed by atoms with Gasteiger partial charge < -0.3 is 14.4 Å². The van der Waals surface area contributed by atoms with Crippen LogP contribution in [-0.2, 0) is 13.2 Å². The van der Waals surface area contributed by atoms with Gasteiger partial charge in [0.25, 0.3) is 5.91 Å². The maximum absolute atomic E-state index is 12.5. The van der Waals surface area contributed by atoms with Crippen molar-refractivity contribution in [2.24, 2.45) is 0 Å². The zero-order valence-corrected chi connectivity index (χ0v) is 15.5. The number of methoxy groups -OCH3 is 1. The summed E-state index contributed by atoms with van der Waals surface area (Å²) < 4.78 is 10.9. The molecule has 3 aromatic rings. The Hall–Kier alpha value is -2.86. The predicted molar refractivity (Wildman–Crippen MR) is 102 cm³/mol. The second-order valence-corrected chi connectivity index (χ2v) is 6.68. The monoisotopic (exact) mass is 368 g/mol. The summed E-state index contributed by atoms with van der Waals surface area (Å²) in [6.07, 6.45) is 0. The lowest BCUT2D eigenvalue weighted by molar-refractivity contribution is 0.0779. The van der Waals surface area contributed by atoms with Gasteiger partial charge >= 0.3 is 0 Å². The van der Waals surface area contributed by atoms with E-state index in [-0.39, 0.29) is 5.91 Å². The fourth-order valence-corrected chi connectivity index (χ4v) is 3.12. The summed E-state index contributed by atoms with van der Waals surface area (Å²) in [5.74, 6) is 1.34. The molecule has 0 unspecified atom stereocenters. The summed E-state index contributed by atoms with van der Waals surface area (Å²) in [5, 5.41) is 2.53. The lowest BCUT2D eigenvalue weighted by Gasteiger charge is -2.15. The van der Waals surface area contributed by atoms with Gasteiger partial charge in [0.2, 0.25) is 0 Å². The molecule has 5 nitrogen and oxygen atoms in total. The minimum atomic E-state index is -0.0993. The summed E-state index contributed by atoms with van der Waals surface area (Å²) in [6, 6.07) is 17.3. The van der Waals surface area contributed by atoms with E-state index in [0.717, 1.165) is 16.3 Å². The van der Waals surface area contributed by atoms with E-state index >= 15 is 0 Å². The first kappa shape index (κ1) is 17.9. The van der Waals surface area contributed by atoms with E-state index in [9.17, 15) is 4.79 Å². The number of amides is 1. The Labute approximate surface area is 156 Å². The number of hydrogen-bond donors (Lipinski definition) is 0. The molecule has 1 heterocycles. The van der Waals surface area contributed by atoms with Gasteiger partial charge in [-0.1, -0.05) is 36.4 Å². The molecule has 0 atom stereocenters. The topological polar surface area (TPSA) is 51.7 Å². The molecule has 0 saturated heterocycles. The maximum atomic E-state index is 12.5. The van der Waals surface area contributed by atoms with Crippen LogP contribution in [0.5, 0.6) is 11.5 Å². The number of thiazole rings is 1. The molecule has 0 radical (unpaired) electrons. The summed E-state index contributed by atoms with van der Waals surface area (Å²) in [5.41, 5.74) is 1.53. The molecular formula is C20H20N2O3S. The van der Waals surface area contributed by atoms with Crippen molar-refractivity contribution in [1.82, 2.24) is 9.88 Å². The van der Waals surface area contributed by atoms with Crippen molar-refractivity contribution in [3.63, 3.8) is 0 Å². The van der Waals surface area contributed by atoms with E-state index in [0.29, 0.717) is 24.6 Å². The van der Waals surface area contributed by atoms with Crippen LogP contribution in [0.25, 0.3) is 0 Å². The molecule has 1 amide bonds. The van der Waals surface area contributed by atoms with Crippen LogP contribution in [0, 0.1) is 0 Å². The third-order valence-electron chi connectivity index (χ3n) is 3.78. The van der Waals surface area contributed by atoms with Crippen LogP contribution in [0.4, 0.5) is 0 Å². The SMILES string of the molecule is COc1cccc(OCc2nc(C(=O)N(C)Cc3ccccc3)cs2)c1. The molecule has 0 bridgehead atoms. The fourth-order valence-electron chi connectivity index (χ4n) is 2.44. The smallest absolute Gasteiger partial charge is 0.273 e. The Balaban J connectivity index is 1.59. The molecule has 0 aliphatic heterocycles. The molecule has 1 aromatic heterocycles. The summed E-state index contributed by atoms with van der Waals surface area (Å²) in [6.45, 7) is 0.861. The molecule has 0 fully saturated rings. The highest BCUT2D eigenvalue weighted by molar-refractivity contribution is 7.09. The number of nitrogens with zero attached hydrogens (tertiary/aromatic N) is 2. The fraction of sp³-hybridized carbons (Fsp3) is 0.200. The van der Waals surface area contributed by atoms with Crippen LogP contribution in [0.3, 0.4) is 0 Å². The number of aromatic nitrogens is 1. The van der Waals surface area contributed by atoms with Crippen LogP contribution >= 0.6 is 11.3 Å². The summed E-state index contributed by atoms with van der Waals surface area (Å²) in [7, 11) is 3.39. The third-order valence-corrected chi connectivity index (χ3v) is 4.61. The van der Waals surface area contributed by atoms with Gasteiger partial charge in [0.05, 0.1) is 7.11 Å². The Morgan fingerprint density at radius 3 is 2.65 bits per heavy atom. The zero-order valence-electron chi connectivity index (χ0n) is 14.7. The molecule has 134 valence electrons. The summed E-state index contributed by atoms with van der Waals surface area (Å²) in [4.78, 5) is 18.6. The average Bonchev–Trinajstić information content (AvgIpc) is 3.15. The van der Waals surface area contributed by atoms with Crippen molar-refractivity contribution in [2.75, 3.05) is 14.2 Å². The van der Waals surface area contributed by atoms with Crippen molar-refractivity contribution < 1.29 is 14.3 Å². The van der Waals surface area contributed by atoms with Gasteiger partial charge in [-0.3, -0.25) is 4.79 Å². The number of ether oxygens (including phenoxy) is 2. The van der Waals surface area contributed by atoms with Gasteiger partial charge in [-0.15, -0.1) is 11.3 Å². The minimum absolute atomic E-state index is 0.0993. The lowest BCUT2D eigenvalue weighted by Crippen LogP contribution is -2.26. The Morgan fingerprint density at radius 1 is 1.12 bits per heavy atom. The number of hydrogen-bond acceptors (Lipinski definition) is 5. The van der Waals surface area contributed by atoms with Crippen molar-refractivity contribution in [3.8, 4) is 11.5 Å². The van der Waals surface area contributed by atoms with Gasteiger partial charge in [0.15, 0.2) is 0 Å². The van der Waals surface area contributed by atoms with Crippen molar-refractivity contribution >= 4 is 17.2 Å². The standard InChI is InChI=1S/C20H20N2O3S/c1-22(12-15-7-4-3-5-8-15)20(23)18-14-26-19(21-18)13-25-17-10-6-9-16(11-17)24-2/h3-11,14H,12-13H2,1-2H3. The number of carbonyl (C=O) groups is 1.